The van der Waals surface area contributed by atoms with Crippen molar-refractivity contribution in [2.24, 2.45) is 11.7 Å². The van der Waals surface area contributed by atoms with Crippen LogP contribution in [-0.2, 0) is 0 Å². The van der Waals surface area contributed by atoms with Gasteiger partial charge >= 0.3 is 0 Å². The molecule has 0 spiro atoms. The molecule has 1 heterocycles. The van der Waals surface area contributed by atoms with E-state index in [-0.39, 0.29) is 12.1 Å². The van der Waals surface area contributed by atoms with Crippen molar-refractivity contribution in [2.45, 2.75) is 39.3 Å². The Morgan fingerprint density at radius 3 is 2.73 bits per heavy atom. The van der Waals surface area contributed by atoms with Crippen LogP contribution in [0.5, 0.6) is 0 Å². The van der Waals surface area contributed by atoms with Crippen molar-refractivity contribution in [1.29, 1.82) is 0 Å². The highest BCUT2D eigenvalue weighted by Gasteiger charge is 2.14. The molecule has 15 heavy (non-hydrogen) atoms. The normalized spacial score (nSPS) is 15.3. The maximum Gasteiger partial charge on any atom is 0.0954 e. The van der Waals surface area contributed by atoms with E-state index in [0.29, 0.717) is 5.92 Å². The van der Waals surface area contributed by atoms with Crippen molar-refractivity contribution >= 4 is 0 Å². The number of allylic oxidation sites excluding steroid dienone is 1. The van der Waals surface area contributed by atoms with Crippen molar-refractivity contribution in [1.82, 2.24) is 9.55 Å². The Hall–Kier alpha value is -1.09. The van der Waals surface area contributed by atoms with Crippen LogP contribution < -0.4 is 5.73 Å². The Kier molecular flexibility index (Phi) is 4.09. The Balaban J connectivity index is 2.84. The number of aromatic nitrogens is 2. The van der Waals surface area contributed by atoms with Gasteiger partial charge in [-0.15, -0.1) is 6.58 Å². The average molecular weight is 207 g/mol. The van der Waals surface area contributed by atoms with Crippen LogP contribution in [0.25, 0.3) is 0 Å². The van der Waals surface area contributed by atoms with Gasteiger partial charge in [0.25, 0.3) is 0 Å². The summed E-state index contributed by atoms with van der Waals surface area (Å²) in [6.07, 6.45) is 6.55. The lowest BCUT2D eigenvalue weighted by Gasteiger charge is -2.18. The quantitative estimate of drug-likeness (QED) is 0.754. The van der Waals surface area contributed by atoms with Gasteiger partial charge in [-0.3, -0.25) is 0 Å². The molecule has 0 fully saturated rings. The monoisotopic (exact) mass is 207 g/mol. The first-order valence-electron chi connectivity index (χ1n) is 5.46. The van der Waals surface area contributed by atoms with E-state index in [4.69, 9.17) is 5.73 Å². The Labute approximate surface area is 92.0 Å². The van der Waals surface area contributed by atoms with Gasteiger partial charge in [-0.05, 0) is 19.3 Å². The second-order valence-electron chi connectivity index (χ2n) is 4.44. The second-order valence-corrected chi connectivity index (χ2v) is 4.44. The molecular formula is C12H21N3. The molecule has 2 N–H and O–H groups in total. The van der Waals surface area contributed by atoms with Crippen molar-refractivity contribution in [3.8, 4) is 0 Å². The zero-order valence-electron chi connectivity index (χ0n) is 9.85. The van der Waals surface area contributed by atoms with Gasteiger partial charge in [0, 0.05) is 18.3 Å². The minimum atomic E-state index is 0.0647. The fourth-order valence-corrected chi connectivity index (χ4v) is 1.68. The van der Waals surface area contributed by atoms with Crippen molar-refractivity contribution in [2.75, 3.05) is 0 Å². The molecule has 1 aromatic heterocycles. The minimum absolute atomic E-state index is 0.0647. The molecule has 1 rings (SSSR count). The van der Waals surface area contributed by atoms with E-state index in [1.165, 1.54) is 0 Å². The summed E-state index contributed by atoms with van der Waals surface area (Å²) in [4.78, 5) is 4.15. The lowest BCUT2D eigenvalue weighted by molar-refractivity contribution is 0.478. The zero-order valence-corrected chi connectivity index (χ0v) is 9.85. The zero-order chi connectivity index (χ0) is 11.4. The third-order valence-corrected chi connectivity index (χ3v) is 2.58. The standard InChI is InChI=1S/C12H21N3/c1-5-10(4)15-8-14-7-12(15)11(13)6-9(2)3/h5,7-11H,1,6,13H2,2-4H3. The Bertz CT molecular complexity index is 314. The molecule has 0 aliphatic carbocycles. The first-order chi connectivity index (χ1) is 7.06. The summed E-state index contributed by atoms with van der Waals surface area (Å²) >= 11 is 0. The van der Waals surface area contributed by atoms with Gasteiger partial charge in [0.1, 0.15) is 0 Å². The predicted molar refractivity (Wildman–Crippen MR) is 63.5 cm³/mol. The van der Waals surface area contributed by atoms with Crippen LogP contribution in [0.2, 0.25) is 0 Å². The van der Waals surface area contributed by atoms with Gasteiger partial charge < -0.3 is 10.3 Å². The van der Waals surface area contributed by atoms with E-state index in [0.717, 1.165) is 12.1 Å². The number of nitrogens with two attached hydrogens (primary N) is 1. The number of hydrogen-bond donors (Lipinski definition) is 1. The van der Waals surface area contributed by atoms with E-state index in [1.807, 2.05) is 18.6 Å². The largest absolute Gasteiger partial charge is 0.326 e. The van der Waals surface area contributed by atoms with E-state index in [1.54, 1.807) is 0 Å². The molecule has 0 aromatic carbocycles. The summed E-state index contributed by atoms with van der Waals surface area (Å²) in [7, 11) is 0. The van der Waals surface area contributed by atoms with Gasteiger partial charge in [0.2, 0.25) is 0 Å². The van der Waals surface area contributed by atoms with E-state index in [9.17, 15) is 0 Å². The number of hydrogen-bond acceptors (Lipinski definition) is 2. The molecular weight excluding hydrogens is 186 g/mol. The number of rotatable bonds is 5. The number of nitrogens with zero attached hydrogens (tertiary/aromatic N) is 2. The fourth-order valence-electron chi connectivity index (χ4n) is 1.68. The predicted octanol–water partition coefficient (Wildman–Crippen LogP) is 2.68. The first-order valence-corrected chi connectivity index (χ1v) is 5.46. The average Bonchev–Trinajstić information content (AvgIpc) is 2.63. The van der Waals surface area contributed by atoms with Gasteiger partial charge in [0.05, 0.1) is 12.0 Å². The summed E-state index contributed by atoms with van der Waals surface area (Å²) in [6, 6.07) is 0.315. The Morgan fingerprint density at radius 2 is 2.20 bits per heavy atom. The minimum Gasteiger partial charge on any atom is -0.326 e. The molecule has 0 radical (unpaired) electrons. The lowest BCUT2D eigenvalue weighted by atomic mass is 10.0. The van der Waals surface area contributed by atoms with E-state index < -0.39 is 0 Å². The molecule has 0 aliphatic heterocycles. The van der Waals surface area contributed by atoms with Gasteiger partial charge in [-0.2, -0.15) is 0 Å². The fraction of sp³-hybridized carbons (Fsp3) is 0.583. The summed E-state index contributed by atoms with van der Waals surface area (Å²) < 4.78 is 2.08. The molecule has 0 saturated heterocycles. The van der Waals surface area contributed by atoms with E-state index in [2.05, 4.69) is 36.9 Å². The van der Waals surface area contributed by atoms with Crippen molar-refractivity contribution < 1.29 is 0 Å². The molecule has 1 aromatic rings. The molecule has 3 nitrogen and oxygen atoms in total. The van der Waals surface area contributed by atoms with Gasteiger partial charge in [0.15, 0.2) is 0 Å². The lowest BCUT2D eigenvalue weighted by Crippen LogP contribution is -2.18. The highest BCUT2D eigenvalue weighted by Crippen LogP contribution is 2.21. The van der Waals surface area contributed by atoms with Crippen molar-refractivity contribution in [3.05, 3.63) is 30.9 Å². The molecule has 2 unspecified atom stereocenters. The topological polar surface area (TPSA) is 43.8 Å². The molecule has 2 atom stereocenters. The Morgan fingerprint density at radius 1 is 1.53 bits per heavy atom. The molecule has 3 heteroatoms. The van der Waals surface area contributed by atoms with Crippen molar-refractivity contribution in [3.63, 3.8) is 0 Å². The maximum atomic E-state index is 6.14. The van der Waals surface area contributed by atoms with Gasteiger partial charge in [-0.1, -0.05) is 19.9 Å². The molecule has 0 amide bonds. The molecule has 0 saturated carbocycles. The van der Waals surface area contributed by atoms with Crippen LogP contribution in [-0.4, -0.2) is 9.55 Å². The van der Waals surface area contributed by atoms with Crippen LogP contribution in [0.15, 0.2) is 25.2 Å². The molecule has 0 bridgehead atoms. The van der Waals surface area contributed by atoms with Gasteiger partial charge in [-0.25, -0.2) is 4.98 Å². The number of imidazole rings is 1. The second kappa shape index (κ2) is 5.12. The molecule has 0 aliphatic rings. The van der Waals surface area contributed by atoms with Crippen LogP contribution in [0, 0.1) is 5.92 Å². The van der Waals surface area contributed by atoms with Crippen LogP contribution in [0.3, 0.4) is 0 Å². The third-order valence-electron chi connectivity index (χ3n) is 2.58. The maximum absolute atomic E-state index is 6.14. The highest BCUT2D eigenvalue weighted by atomic mass is 15.1. The summed E-state index contributed by atoms with van der Waals surface area (Å²) in [5.74, 6) is 0.599. The summed E-state index contributed by atoms with van der Waals surface area (Å²) in [5, 5.41) is 0. The smallest absolute Gasteiger partial charge is 0.0954 e. The molecule has 84 valence electrons. The third kappa shape index (κ3) is 2.93. The summed E-state index contributed by atoms with van der Waals surface area (Å²) in [5.41, 5.74) is 7.23. The van der Waals surface area contributed by atoms with Crippen LogP contribution >= 0.6 is 0 Å². The van der Waals surface area contributed by atoms with E-state index >= 15 is 0 Å². The van der Waals surface area contributed by atoms with Crippen LogP contribution in [0.1, 0.15) is 45.0 Å². The highest BCUT2D eigenvalue weighted by molar-refractivity contribution is 5.07. The summed E-state index contributed by atoms with van der Waals surface area (Å²) in [6.45, 7) is 10.2. The first kappa shape index (κ1) is 12.0. The SMILES string of the molecule is C=CC(C)n1cncc1C(N)CC(C)C. The van der Waals surface area contributed by atoms with Crippen LogP contribution in [0.4, 0.5) is 0 Å².